The Morgan fingerprint density at radius 1 is 1.26 bits per heavy atom. The fourth-order valence-corrected chi connectivity index (χ4v) is 4.98. The van der Waals surface area contributed by atoms with Gasteiger partial charge in [0.25, 0.3) is 0 Å². The van der Waals surface area contributed by atoms with Crippen LogP contribution in [0.15, 0.2) is 0 Å². The van der Waals surface area contributed by atoms with Crippen LogP contribution in [0.3, 0.4) is 0 Å². The Morgan fingerprint density at radius 2 is 1.96 bits per heavy atom. The smallest absolute Gasteiger partial charge is 0.321 e. The average molecular weight is 343 g/mol. The van der Waals surface area contributed by atoms with Crippen LogP contribution in [-0.4, -0.2) is 57.2 Å². The van der Waals surface area contributed by atoms with Gasteiger partial charge in [-0.05, 0) is 32.6 Å². The van der Waals surface area contributed by atoms with Crippen LogP contribution < -0.4 is 10.6 Å². The van der Waals surface area contributed by atoms with Crippen molar-refractivity contribution in [3.8, 4) is 0 Å². The van der Waals surface area contributed by atoms with Crippen molar-refractivity contribution in [3.05, 3.63) is 0 Å². The van der Waals surface area contributed by atoms with E-state index in [1.54, 1.807) is 0 Å². The molecule has 2 N–H and O–H groups in total. The molecule has 23 heavy (non-hydrogen) atoms. The lowest BCUT2D eigenvalue weighted by Crippen LogP contribution is -2.57. The zero-order chi connectivity index (χ0) is 17.0. The van der Waals surface area contributed by atoms with E-state index in [0.29, 0.717) is 24.0 Å². The maximum absolute atomic E-state index is 12.1. The van der Waals surface area contributed by atoms with Gasteiger partial charge in [-0.1, -0.05) is 19.8 Å². The molecule has 1 saturated heterocycles. The molecule has 0 aromatic rings. The maximum Gasteiger partial charge on any atom is 0.321 e. The molecule has 2 rings (SSSR count). The Hall–Kier alpha value is -0.950. The van der Waals surface area contributed by atoms with Crippen LogP contribution in [-0.2, 0) is 15.6 Å². The summed E-state index contributed by atoms with van der Waals surface area (Å²) in [5.41, 5.74) is -0.283. The summed E-state index contributed by atoms with van der Waals surface area (Å²) in [6.45, 7) is 6.90. The fraction of sp³-hybridized carbons (Fsp3) is 0.875. The largest absolute Gasteiger partial charge is 0.335 e. The molecule has 2 fully saturated rings. The predicted octanol–water partition coefficient (Wildman–Crippen LogP) is 1.23. The highest BCUT2D eigenvalue weighted by atomic mass is 32.2. The second kappa shape index (κ2) is 7.75. The number of carbonyl (C=O) groups excluding carboxylic acids is 2. The van der Waals surface area contributed by atoms with Crippen molar-refractivity contribution in [3.63, 3.8) is 0 Å². The van der Waals surface area contributed by atoms with Crippen molar-refractivity contribution >= 4 is 22.7 Å². The van der Waals surface area contributed by atoms with Crippen LogP contribution in [0.1, 0.15) is 46.5 Å². The van der Waals surface area contributed by atoms with Crippen LogP contribution in [0.2, 0.25) is 0 Å². The van der Waals surface area contributed by atoms with Crippen LogP contribution in [0.25, 0.3) is 0 Å². The standard InChI is InChI=1S/C16H29N3O3S/c1-12-6-4-5-7-13(12)17-15(21)18-14(20)10-19-8-9-23(22)11-16(19,2)3/h12-13H,4-11H2,1-3H3,(H2,17,18,20,21)/t12-,13-,23+/m1/s1. The molecule has 1 aliphatic heterocycles. The third-order valence-corrected chi connectivity index (χ3v) is 6.64. The van der Waals surface area contributed by atoms with Gasteiger partial charge in [0.2, 0.25) is 5.91 Å². The molecule has 3 atom stereocenters. The molecule has 3 amide bonds. The number of imide groups is 1. The SMILES string of the molecule is C[C@@H]1CCCC[C@H]1NC(=O)NC(=O)CN1CC[S@](=O)CC1(C)C. The molecule has 132 valence electrons. The molecule has 7 heteroatoms. The van der Waals surface area contributed by atoms with E-state index >= 15 is 0 Å². The quantitative estimate of drug-likeness (QED) is 0.808. The normalized spacial score (nSPS) is 31.3. The Balaban J connectivity index is 1.79. The molecule has 0 aromatic heterocycles. The minimum atomic E-state index is -0.818. The van der Waals surface area contributed by atoms with Crippen molar-refractivity contribution in [2.75, 3.05) is 24.6 Å². The minimum Gasteiger partial charge on any atom is -0.335 e. The van der Waals surface area contributed by atoms with Crippen molar-refractivity contribution in [1.82, 2.24) is 15.5 Å². The molecule has 1 heterocycles. The van der Waals surface area contributed by atoms with Crippen molar-refractivity contribution in [1.29, 1.82) is 0 Å². The van der Waals surface area contributed by atoms with Crippen molar-refractivity contribution in [2.45, 2.75) is 58.0 Å². The fourth-order valence-electron chi connectivity index (χ4n) is 3.44. The van der Waals surface area contributed by atoms with Crippen LogP contribution in [0.5, 0.6) is 0 Å². The number of rotatable bonds is 3. The van der Waals surface area contributed by atoms with E-state index < -0.39 is 16.8 Å². The van der Waals surface area contributed by atoms with E-state index in [0.717, 1.165) is 19.3 Å². The predicted molar refractivity (Wildman–Crippen MR) is 91.6 cm³/mol. The molecule has 0 unspecified atom stereocenters. The van der Waals surface area contributed by atoms with Crippen LogP contribution in [0, 0.1) is 5.92 Å². The summed E-state index contributed by atoms with van der Waals surface area (Å²) in [7, 11) is -0.818. The van der Waals surface area contributed by atoms with Gasteiger partial charge in [-0.3, -0.25) is 19.2 Å². The van der Waals surface area contributed by atoms with E-state index in [1.807, 2.05) is 18.7 Å². The highest BCUT2D eigenvalue weighted by Crippen LogP contribution is 2.23. The van der Waals surface area contributed by atoms with Crippen molar-refractivity contribution in [2.24, 2.45) is 5.92 Å². The lowest BCUT2D eigenvalue weighted by atomic mass is 9.86. The van der Waals surface area contributed by atoms with Gasteiger partial charge in [-0.25, -0.2) is 4.79 Å². The number of hydrogen-bond donors (Lipinski definition) is 2. The molecular formula is C16H29N3O3S. The summed E-state index contributed by atoms with van der Waals surface area (Å²) in [5, 5.41) is 5.36. The van der Waals surface area contributed by atoms with Gasteiger partial charge in [0.15, 0.2) is 0 Å². The summed E-state index contributed by atoms with van der Waals surface area (Å²) in [5.74, 6) is 1.31. The summed E-state index contributed by atoms with van der Waals surface area (Å²) in [4.78, 5) is 26.1. The Bertz CT molecular complexity index is 481. The lowest BCUT2D eigenvalue weighted by Gasteiger charge is -2.41. The van der Waals surface area contributed by atoms with E-state index in [9.17, 15) is 13.8 Å². The summed E-state index contributed by atoms with van der Waals surface area (Å²) in [6.07, 6.45) is 4.44. The van der Waals surface area contributed by atoms with Gasteiger partial charge < -0.3 is 5.32 Å². The molecule has 6 nitrogen and oxygen atoms in total. The average Bonchev–Trinajstić information content (AvgIpc) is 2.44. The molecule has 0 aromatic carbocycles. The monoisotopic (exact) mass is 343 g/mol. The summed E-state index contributed by atoms with van der Waals surface area (Å²) < 4.78 is 11.7. The van der Waals surface area contributed by atoms with Gasteiger partial charge in [-0.2, -0.15) is 0 Å². The zero-order valence-electron chi connectivity index (χ0n) is 14.4. The second-order valence-corrected chi connectivity index (χ2v) is 8.99. The van der Waals surface area contributed by atoms with Gasteiger partial charge in [0, 0.05) is 40.4 Å². The molecule has 1 aliphatic carbocycles. The molecule has 2 aliphatic rings. The summed E-state index contributed by atoms with van der Waals surface area (Å²) in [6, 6.07) is -0.238. The van der Waals surface area contributed by atoms with E-state index in [2.05, 4.69) is 17.6 Å². The first-order valence-corrected chi connectivity index (χ1v) is 9.97. The summed E-state index contributed by atoms with van der Waals surface area (Å²) >= 11 is 0. The first-order valence-electron chi connectivity index (χ1n) is 8.48. The first kappa shape index (κ1) is 18.4. The number of amides is 3. The van der Waals surface area contributed by atoms with Crippen LogP contribution in [0.4, 0.5) is 4.79 Å². The highest BCUT2D eigenvalue weighted by Gasteiger charge is 2.34. The van der Waals surface area contributed by atoms with Gasteiger partial charge >= 0.3 is 6.03 Å². The molecule has 1 saturated carbocycles. The molecular weight excluding hydrogens is 314 g/mol. The van der Waals surface area contributed by atoms with Gasteiger partial charge in [-0.15, -0.1) is 0 Å². The number of hydrogen-bond acceptors (Lipinski definition) is 4. The zero-order valence-corrected chi connectivity index (χ0v) is 15.2. The number of carbonyl (C=O) groups is 2. The Labute approximate surface area is 141 Å². The van der Waals surface area contributed by atoms with E-state index in [4.69, 9.17) is 0 Å². The van der Waals surface area contributed by atoms with Gasteiger partial charge in [0.05, 0.1) is 6.54 Å². The number of nitrogens with one attached hydrogen (secondary N) is 2. The van der Waals surface area contributed by atoms with E-state index in [-0.39, 0.29) is 24.0 Å². The maximum atomic E-state index is 12.1. The Morgan fingerprint density at radius 3 is 2.61 bits per heavy atom. The van der Waals surface area contributed by atoms with E-state index in [1.165, 1.54) is 6.42 Å². The highest BCUT2D eigenvalue weighted by molar-refractivity contribution is 7.85. The first-order chi connectivity index (χ1) is 10.8. The third kappa shape index (κ3) is 5.28. The molecule has 0 radical (unpaired) electrons. The second-order valence-electron chi connectivity index (χ2n) is 7.41. The Kier molecular flexibility index (Phi) is 6.19. The third-order valence-electron chi connectivity index (χ3n) is 4.97. The van der Waals surface area contributed by atoms with Gasteiger partial charge in [0.1, 0.15) is 0 Å². The van der Waals surface area contributed by atoms with Crippen LogP contribution >= 0.6 is 0 Å². The van der Waals surface area contributed by atoms with Crippen molar-refractivity contribution < 1.29 is 13.8 Å². The minimum absolute atomic E-state index is 0.158. The number of urea groups is 1. The molecule has 0 bridgehead atoms. The number of nitrogens with zero attached hydrogens (tertiary/aromatic N) is 1. The lowest BCUT2D eigenvalue weighted by molar-refractivity contribution is -0.122. The topological polar surface area (TPSA) is 78.5 Å². The molecule has 0 spiro atoms.